The molecule has 0 bridgehead atoms. The van der Waals surface area contributed by atoms with Gasteiger partial charge in [-0.05, 0) is 18.6 Å². The van der Waals surface area contributed by atoms with E-state index in [2.05, 4.69) is 25.8 Å². The normalized spacial score (nSPS) is 19.6. The average molecular weight is 373 g/mol. The molecule has 0 amide bonds. The number of benzene rings is 1. The van der Waals surface area contributed by atoms with Crippen LogP contribution in [-0.2, 0) is 16.0 Å². The Balaban J connectivity index is 1.77. The summed E-state index contributed by atoms with van der Waals surface area (Å²) in [4.78, 5) is 4.04. The lowest BCUT2D eigenvalue weighted by molar-refractivity contribution is -0.136. The Bertz CT molecular complexity index is 873. The second-order valence-corrected chi connectivity index (χ2v) is 7.81. The lowest BCUT2D eigenvalue weighted by Crippen LogP contribution is -2.22. The quantitative estimate of drug-likeness (QED) is 0.848. The van der Waals surface area contributed by atoms with E-state index in [1.165, 1.54) is 24.4 Å². The molecule has 11 heteroatoms. The summed E-state index contributed by atoms with van der Waals surface area (Å²) >= 11 is 0. The van der Waals surface area contributed by atoms with Gasteiger partial charge in [-0.15, -0.1) is 5.10 Å². The molecule has 0 radical (unpaired) electrons. The van der Waals surface area contributed by atoms with Gasteiger partial charge < -0.3 is 10.6 Å². The van der Waals surface area contributed by atoms with Gasteiger partial charge in [-0.1, -0.05) is 12.1 Å². The van der Waals surface area contributed by atoms with Gasteiger partial charge in [-0.25, -0.2) is 8.42 Å². The van der Waals surface area contributed by atoms with Gasteiger partial charge in [-0.3, -0.25) is 0 Å². The molecule has 25 heavy (non-hydrogen) atoms. The number of nitrogens with zero attached hydrogens (tertiary/aromatic N) is 3. The van der Waals surface area contributed by atoms with Gasteiger partial charge in [0.1, 0.15) is 0 Å². The van der Waals surface area contributed by atoms with E-state index in [-0.39, 0.29) is 35.0 Å². The van der Waals surface area contributed by atoms with E-state index in [0.717, 1.165) is 6.07 Å². The highest BCUT2D eigenvalue weighted by atomic mass is 32.2. The molecule has 1 unspecified atom stereocenters. The average Bonchev–Trinajstić information content (AvgIpc) is 2.86. The fourth-order valence-corrected chi connectivity index (χ4v) is 4.17. The van der Waals surface area contributed by atoms with E-state index in [4.69, 9.17) is 0 Å². The van der Waals surface area contributed by atoms with Gasteiger partial charge in [0.2, 0.25) is 5.95 Å². The molecule has 1 fully saturated rings. The van der Waals surface area contributed by atoms with Crippen LogP contribution in [0.3, 0.4) is 0 Å². The lowest BCUT2D eigenvalue weighted by Gasteiger charge is -2.14. The standard InChI is InChI=1S/C14H14F3N5O2S/c15-14(16,17)10-3-1-2-4-11(10)20-12-7-18-22-13(21-12)19-9-5-6-25(23,24)8-9/h1-4,7,9H,5-6,8H2,(H2,19,20,21,22). The smallest absolute Gasteiger partial charge is 0.349 e. The van der Waals surface area contributed by atoms with Gasteiger partial charge in [0.25, 0.3) is 0 Å². The molecule has 3 rings (SSSR count). The summed E-state index contributed by atoms with van der Waals surface area (Å²) in [5.74, 6) is 0.159. The summed E-state index contributed by atoms with van der Waals surface area (Å²) in [7, 11) is -3.08. The Labute approximate surface area is 141 Å². The monoisotopic (exact) mass is 373 g/mol. The van der Waals surface area contributed by atoms with Gasteiger partial charge in [0.05, 0.1) is 29.0 Å². The van der Waals surface area contributed by atoms with Crippen LogP contribution in [0.2, 0.25) is 0 Å². The number of aromatic nitrogens is 3. The van der Waals surface area contributed by atoms with Gasteiger partial charge in [0, 0.05) is 6.04 Å². The molecule has 7 nitrogen and oxygen atoms in total. The van der Waals surface area contributed by atoms with Crippen LogP contribution in [0.25, 0.3) is 0 Å². The minimum atomic E-state index is -4.51. The Morgan fingerprint density at radius 3 is 2.64 bits per heavy atom. The predicted molar refractivity (Wildman–Crippen MR) is 85.2 cm³/mol. The van der Waals surface area contributed by atoms with Crippen molar-refractivity contribution in [3.05, 3.63) is 36.0 Å². The first kappa shape index (κ1) is 17.4. The summed E-state index contributed by atoms with van der Waals surface area (Å²) in [5.41, 5.74) is -0.991. The van der Waals surface area contributed by atoms with E-state index < -0.39 is 21.6 Å². The number of hydrogen-bond donors (Lipinski definition) is 2. The Morgan fingerprint density at radius 1 is 1.20 bits per heavy atom. The van der Waals surface area contributed by atoms with Crippen molar-refractivity contribution in [1.82, 2.24) is 15.2 Å². The van der Waals surface area contributed by atoms with Crippen LogP contribution >= 0.6 is 0 Å². The molecule has 134 valence electrons. The minimum absolute atomic E-state index is 0.0368. The number of hydrogen-bond acceptors (Lipinski definition) is 7. The Morgan fingerprint density at radius 2 is 1.96 bits per heavy atom. The van der Waals surface area contributed by atoms with Crippen molar-refractivity contribution < 1.29 is 21.6 Å². The zero-order chi connectivity index (χ0) is 18.1. The Kier molecular flexibility index (Phi) is 4.50. The van der Waals surface area contributed by atoms with Crippen LogP contribution in [0.4, 0.5) is 30.6 Å². The molecule has 0 saturated carbocycles. The summed E-state index contributed by atoms with van der Waals surface area (Å²) in [6, 6.07) is 4.65. The molecule has 2 N–H and O–H groups in total. The summed E-state index contributed by atoms with van der Waals surface area (Å²) in [6.07, 6.45) is -2.91. The topological polar surface area (TPSA) is 96.9 Å². The third-order valence-corrected chi connectivity index (χ3v) is 5.39. The van der Waals surface area contributed by atoms with E-state index in [1.807, 2.05) is 0 Å². The highest BCUT2D eigenvalue weighted by Crippen LogP contribution is 2.35. The van der Waals surface area contributed by atoms with Crippen molar-refractivity contribution in [1.29, 1.82) is 0 Å². The fourth-order valence-electron chi connectivity index (χ4n) is 2.49. The van der Waals surface area contributed by atoms with Crippen molar-refractivity contribution in [2.24, 2.45) is 0 Å². The number of sulfone groups is 1. The molecule has 1 aromatic carbocycles. The first-order chi connectivity index (χ1) is 11.7. The van der Waals surface area contributed by atoms with Crippen LogP contribution in [0.5, 0.6) is 0 Å². The van der Waals surface area contributed by atoms with Crippen molar-refractivity contribution in [3.8, 4) is 0 Å². The summed E-state index contributed by atoms with van der Waals surface area (Å²) in [6.45, 7) is 0. The number of halogens is 3. The van der Waals surface area contributed by atoms with Crippen LogP contribution in [0.15, 0.2) is 30.5 Å². The van der Waals surface area contributed by atoms with Crippen molar-refractivity contribution in [2.45, 2.75) is 18.6 Å². The fraction of sp³-hybridized carbons (Fsp3) is 0.357. The van der Waals surface area contributed by atoms with Crippen LogP contribution in [0, 0.1) is 0 Å². The number of para-hydroxylation sites is 1. The molecule has 1 saturated heterocycles. The van der Waals surface area contributed by atoms with Crippen LogP contribution in [-0.4, -0.2) is 41.1 Å². The third kappa shape index (κ3) is 4.35. The second kappa shape index (κ2) is 6.47. The van der Waals surface area contributed by atoms with Crippen molar-refractivity contribution in [2.75, 3.05) is 22.1 Å². The molecular weight excluding hydrogens is 359 g/mol. The van der Waals surface area contributed by atoms with Gasteiger partial charge >= 0.3 is 6.18 Å². The van der Waals surface area contributed by atoms with E-state index >= 15 is 0 Å². The highest BCUT2D eigenvalue weighted by molar-refractivity contribution is 7.91. The third-order valence-electron chi connectivity index (χ3n) is 3.62. The second-order valence-electron chi connectivity index (χ2n) is 5.58. The maximum absolute atomic E-state index is 13.0. The van der Waals surface area contributed by atoms with Crippen LogP contribution < -0.4 is 10.6 Å². The molecule has 1 aliphatic heterocycles. The number of nitrogens with one attached hydrogen (secondary N) is 2. The molecule has 2 heterocycles. The number of anilines is 3. The number of alkyl halides is 3. The van der Waals surface area contributed by atoms with Crippen molar-refractivity contribution in [3.63, 3.8) is 0 Å². The maximum atomic E-state index is 13.0. The predicted octanol–water partition coefficient (Wildman–Crippen LogP) is 2.23. The maximum Gasteiger partial charge on any atom is 0.418 e. The first-order valence-electron chi connectivity index (χ1n) is 7.33. The van der Waals surface area contributed by atoms with Crippen molar-refractivity contribution >= 4 is 27.3 Å². The highest BCUT2D eigenvalue weighted by Gasteiger charge is 2.33. The molecule has 1 aliphatic rings. The number of rotatable bonds is 4. The van der Waals surface area contributed by atoms with Gasteiger partial charge in [0.15, 0.2) is 15.7 Å². The SMILES string of the molecule is O=S1(=O)CCC(Nc2nncc(Nc3ccccc3C(F)(F)F)n2)C1. The minimum Gasteiger partial charge on any atom is -0.349 e. The molecule has 0 spiro atoms. The van der Waals surface area contributed by atoms with Crippen LogP contribution in [0.1, 0.15) is 12.0 Å². The van der Waals surface area contributed by atoms with E-state index in [9.17, 15) is 21.6 Å². The lowest BCUT2D eigenvalue weighted by atomic mass is 10.1. The van der Waals surface area contributed by atoms with Gasteiger partial charge in [-0.2, -0.15) is 23.3 Å². The largest absolute Gasteiger partial charge is 0.418 e. The summed E-state index contributed by atoms with van der Waals surface area (Å²) in [5, 5.41) is 12.8. The Hall–Kier alpha value is -2.43. The zero-order valence-electron chi connectivity index (χ0n) is 12.8. The molecular formula is C14H14F3N5O2S. The first-order valence-corrected chi connectivity index (χ1v) is 9.15. The molecule has 2 aromatic rings. The van der Waals surface area contributed by atoms with E-state index in [0.29, 0.717) is 6.42 Å². The molecule has 0 aliphatic carbocycles. The molecule has 1 aromatic heterocycles. The summed E-state index contributed by atoms with van der Waals surface area (Å²) < 4.78 is 62.0. The van der Waals surface area contributed by atoms with E-state index in [1.54, 1.807) is 0 Å². The molecule has 1 atom stereocenters. The zero-order valence-corrected chi connectivity index (χ0v) is 13.6.